The van der Waals surface area contributed by atoms with E-state index < -0.39 is 0 Å². The maximum atomic E-state index is 4.50. The molecule has 2 N–H and O–H groups in total. The van der Waals surface area contributed by atoms with Gasteiger partial charge in [0.25, 0.3) is 0 Å². The summed E-state index contributed by atoms with van der Waals surface area (Å²) in [4.78, 5) is 5.77. The van der Waals surface area contributed by atoms with Crippen LogP contribution in [0.3, 0.4) is 0 Å². The van der Waals surface area contributed by atoms with Crippen molar-refractivity contribution in [1.82, 2.24) is 20.1 Å². The van der Waals surface area contributed by atoms with Gasteiger partial charge in [0.1, 0.15) is 0 Å². The van der Waals surface area contributed by atoms with E-state index in [0.717, 1.165) is 29.5 Å². The summed E-state index contributed by atoms with van der Waals surface area (Å²) < 4.78 is 0. The van der Waals surface area contributed by atoms with Gasteiger partial charge in [-0.1, -0.05) is 18.7 Å². The summed E-state index contributed by atoms with van der Waals surface area (Å²) in [7, 11) is 2.11. The van der Waals surface area contributed by atoms with Gasteiger partial charge < -0.3 is 4.98 Å². The van der Waals surface area contributed by atoms with Crippen LogP contribution < -0.4 is 5.35 Å². The fourth-order valence-corrected chi connectivity index (χ4v) is 2.94. The fraction of sp³-hybridized carbons (Fsp3) is 0.214. The third-order valence-corrected chi connectivity index (χ3v) is 3.69. The average molecular weight is 238 g/mol. The Labute approximate surface area is 104 Å². The molecule has 0 fully saturated rings. The van der Waals surface area contributed by atoms with Gasteiger partial charge in [0.05, 0.1) is 11.0 Å². The molecule has 3 aromatic rings. The van der Waals surface area contributed by atoms with Crippen molar-refractivity contribution >= 4 is 28.3 Å². The molecule has 1 aliphatic heterocycles. The van der Waals surface area contributed by atoms with E-state index in [1.807, 2.05) is 0 Å². The molecule has 1 aliphatic rings. The molecule has 4 nitrogen and oxygen atoms in total. The monoisotopic (exact) mass is 238 g/mol. The third-order valence-electron chi connectivity index (χ3n) is 3.69. The summed E-state index contributed by atoms with van der Waals surface area (Å²) in [6, 6.07) is 6.27. The van der Waals surface area contributed by atoms with Crippen molar-refractivity contribution in [1.29, 1.82) is 0 Å². The van der Waals surface area contributed by atoms with Crippen LogP contribution in [0.25, 0.3) is 28.3 Å². The lowest BCUT2D eigenvalue weighted by Crippen LogP contribution is -2.22. The van der Waals surface area contributed by atoms with Crippen molar-refractivity contribution in [3.8, 4) is 0 Å². The second-order valence-corrected chi connectivity index (χ2v) is 5.03. The number of H-pyrrole nitrogens is 2. The quantitative estimate of drug-likeness (QED) is 0.626. The summed E-state index contributed by atoms with van der Waals surface area (Å²) in [6.07, 6.45) is 0. The van der Waals surface area contributed by atoms with Crippen LogP contribution in [0.1, 0.15) is 11.4 Å². The Kier molecular flexibility index (Phi) is 1.78. The molecule has 0 saturated heterocycles. The van der Waals surface area contributed by atoms with Crippen LogP contribution in [0, 0.1) is 0 Å². The van der Waals surface area contributed by atoms with Crippen molar-refractivity contribution < 1.29 is 0 Å². The Balaban J connectivity index is 2.35. The zero-order valence-electron chi connectivity index (χ0n) is 10.2. The molecule has 2 aromatic heterocycles. The molecule has 0 saturated carbocycles. The number of aromatic nitrogens is 3. The van der Waals surface area contributed by atoms with Crippen LogP contribution in [0.2, 0.25) is 0 Å². The minimum Gasteiger partial charge on any atom is -0.357 e. The average Bonchev–Trinajstić information content (AvgIpc) is 2.65. The van der Waals surface area contributed by atoms with E-state index in [2.05, 4.69) is 51.9 Å². The minimum atomic E-state index is 0.868. The number of aromatic amines is 2. The molecule has 1 aromatic carbocycles. The van der Waals surface area contributed by atoms with E-state index in [4.69, 9.17) is 0 Å². The molecular weight excluding hydrogens is 224 g/mol. The molecule has 0 spiro atoms. The highest BCUT2D eigenvalue weighted by Crippen LogP contribution is 2.32. The van der Waals surface area contributed by atoms with E-state index in [9.17, 15) is 0 Å². The lowest BCUT2D eigenvalue weighted by Gasteiger charge is -2.20. The lowest BCUT2D eigenvalue weighted by atomic mass is 10.1. The van der Waals surface area contributed by atoms with Crippen LogP contribution in [0.4, 0.5) is 0 Å². The minimum absolute atomic E-state index is 0.868. The van der Waals surface area contributed by atoms with E-state index in [1.54, 1.807) is 0 Å². The highest BCUT2D eigenvalue weighted by atomic mass is 15.2. The van der Waals surface area contributed by atoms with Crippen molar-refractivity contribution in [3.63, 3.8) is 0 Å². The number of nitrogens with zero attached hydrogens (tertiary/aromatic N) is 2. The zero-order valence-corrected chi connectivity index (χ0v) is 10.2. The van der Waals surface area contributed by atoms with Gasteiger partial charge in [-0.3, -0.25) is 10.00 Å². The van der Waals surface area contributed by atoms with Gasteiger partial charge in [0.15, 0.2) is 0 Å². The standard InChI is InChI=1S/C14H14N4/c1-8-9-4-3-5-10-13(9)14-11(15-10)6-18(2)7-12(14)17-16-8/h3-5,15-16H,1,6-7H2,2H3. The number of nitrogens with one attached hydrogen (secondary N) is 2. The number of hydrogen-bond donors (Lipinski definition) is 2. The first-order valence-electron chi connectivity index (χ1n) is 6.08. The summed E-state index contributed by atoms with van der Waals surface area (Å²) in [5.41, 5.74) is 3.52. The van der Waals surface area contributed by atoms with Gasteiger partial charge in [-0.25, -0.2) is 0 Å². The van der Waals surface area contributed by atoms with Gasteiger partial charge in [-0.2, -0.15) is 5.10 Å². The fourth-order valence-electron chi connectivity index (χ4n) is 2.94. The van der Waals surface area contributed by atoms with Gasteiger partial charge >= 0.3 is 0 Å². The van der Waals surface area contributed by atoms with E-state index in [-0.39, 0.29) is 0 Å². The van der Waals surface area contributed by atoms with Crippen molar-refractivity contribution in [3.05, 3.63) is 34.9 Å². The smallest absolute Gasteiger partial charge is 0.0844 e. The number of benzene rings is 1. The van der Waals surface area contributed by atoms with Gasteiger partial charge in [0, 0.05) is 40.5 Å². The Bertz CT molecular complexity index is 825. The molecule has 0 radical (unpaired) electrons. The maximum Gasteiger partial charge on any atom is 0.0844 e. The second kappa shape index (κ2) is 3.23. The Morgan fingerprint density at radius 3 is 3.06 bits per heavy atom. The first-order valence-corrected chi connectivity index (χ1v) is 6.08. The summed E-state index contributed by atoms with van der Waals surface area (Å²) in [6.45, 7) is 5.88. The largest absolute Gasteiger partial charge is 0.357 e. The number of rotatable bonds is 0. The van der Waals surface area contributed by atoms with Gasteiger partial charge in [-0.05, 0) is 13.1 Å². The molecule has 0 amide bonds. The topological polar surface area (TPSA) is 47.7 Å². The molecule has 0 aliphatic carbocycles. The highest BCUT2D eigenvalue weighted by molar-refractivity contribution is 6.10. The maximum absolute atomic E-state index is 4.50. The van der Waals surface area contributed by atoms with Crippen molar-refractivity contribution in [2.45, 2.75) is 13.1 Å². The van der Waals surface area contributed by atoms with Crippen molar-refractivity contribution in [2.75, 3.05) is 7.05 Å². The van der Waals surface area contributed by atoms with Crippen LogP contribution in [0.15, 0.2) is 18.2 Å². The second-order valence-electron chi connectivity index (χ2n) is 5.03. The summed E-state index contributed by atoms with van der Waals surface area (Å²) in [5, 5.41) is 12.1. The predicted octanol–water partition coefficient (Wildman–Crippen LogP) is 1.68. The molecular formula is C14H14N4. The van der Waals surface area contributed by atoms with E-state index in [1.165, 1.54) is 22.0 Å². The SMILES string of the molecule is C=c1[nH]nc2c3c([nH]c4cccc1c43)CN(C)C2. The molecule has 4 heteroatoms. The molecule has 0 atom stereocenters. The van der Waals surface area contributed by atoms with Crippen LogP contribution in [0.5, 0.6) is 0 Å². The molecule has 3 heterocycles. The molecule has 0 unspecified atom stereocenters. The molecule has 18 heavy (non-hydrogen) atoms. The molecule has 90 valence electrons. The van der Waals surface area contributed by atoms with Crippen LogP contribution in [-0.2, 0) is 13.1 Å². The predicted molar refractivity (Wildman–Crippen MR) is 72.7 cm³/mol. The van der Waals surface area contributed by atoms with Gasteiger partial charge in [-0.15, -0.1) is 0 Å². The normalized spacial score (nSPS) is 15.6. The lowest BCUT2D eigenvalue weighted by molar-refractivity contribution is 0.305. The number of hydrogen-bond acceptors (Lipinski definition) is 2. The first-order chi connectivity index (χ1) is 8.74. The Morgan fingerprint density at radius 1 is 1.28 bits per heavy atom. The van der Waals surface area contributed by atoms with Crippen molar-refractivity contribution in [2.24, 2.45) is 0 Å². The first kappa shape index (κ1) is 9.91. The van der Waals surface area contributed by atoms with Crippen LogP contribution in [-0.4, -0.2) is 27.1 Å². The zero-order chi connectivity index (χ0) is 12.3. The van der Waals surface area contributed by atoms with Gasteiger partial charge in [0.2, 0.25) is 0 Å². The molecule has 0 bridgehead atoms. The van der Waals surface area contributed by atoms with E-state index >= 15 is 0 Å². The summed E-state index contributed by atoms with van der Waals surface area (Å²) >= 11 is 0. The highest BCUT2D eigenvalue weighted by Gasteiger charge is 2.20. The Hall–Kier alpha value is -2.07. The van der Waals surface area contributed by atoms with E-state index in [0.29, 0.717) is 0 Å². The summed E-state index contributed by atoms with van der Waals surface area (Å²) in [5.74, 6) is 0. The third kappa shape index (κ3) is 1.15. The molecule has 4 rings (SSSR count). The van der Waals surface area contributed by atoms with Crippen LogP contribution >= 0.6 is 0 Å². The Morgan fingerprint density at radius 2 is 2.17 bits per heavy atom.